The first-order chi connectivity index (χ1) is 17.9. The zero-order chi connectivity index (χ0) is 25.5. The maximum Gasteiger partial charge on any atom is 0.344 e. The Hall–Kier alpha value is -4.68. The molecule has 2 aromatic heterocycles. The number of aryl methyl sites for hydroxylation is 1. The topological polar surface area (TPSA) is 85.3 Å². The molecule has 6 rings (SSSR count). The second-order valence-electron chi connectivity index (χ2n) is 8.71. The van der Waals surface area contributed by atoms with Crippen LogP contribution in [0, 0.1) is 6.92 Å². The first-order valence-electron chi connectivity index (χ1n) is 11.6. The monoisotopic (exact) mass is 506 g/mol. The number of oxazole rings is 1. The number of anilines is 1. The van der Waals surface area contributed by atoms with Gasteiger partial charge in [0.2, 0.25) is 5.89 Å². The van der Waals surface area contributed by atoms with Gasteiger partial charge in [0.25, 0.3) is 5.91 Å². The Labute approximate surface area is 216 Å². The largest absolute Gasteiger partial charge is 0.436 e. The first kappa shape index (κ1) is 22.8. The molecule has 0 radical (unpaired) electrons. The molecule has 180 valence electrons. The van der Waals surface area contributed by atoms with Gasteiger partial charge in [-0.15, -0.1) is 0 Å². The molecular formula is C30H19ClN2O4. The highest BCUT2D eigenvalue weighted by Crippen LogP contribution is 2.33. The van der Waals surface area contributed by atoms with E-state index in [-0.39, 0.29) is 5.91 Å². The Morgan fingerprint density at radius 1 is 0.838 bits per heavy atom. The summed E-state index contributed by atoms with van der Waals surface area (Å²) < 4.78 is 11.4. The van der Waals surface area contributed by atoms with Crippen LogP contribution in [0.1, 0.15) is 15.9 Å². The van der Waals surface area contributed by atoms with Crippen molar-refractivity contribution in [3.63, 3.8) is 0 Å². The van der Waals surface area contributed by atoms with Gasteiger partial charge in [-0.2, -0.15) is 0 Å². The molecule has 0 unspecified atom stereocenters. The minimum Gasteiger partial charge on any atom is -0.436 e. The number of nitrogens with zero attached hydrogens (tertiary/aromatic N) is 1. The van der Waals surface area contributed by atoms with Gasteiger partial charge in [0.1, 0.15) is 11.1 Å². The molecule has 6 aromatic rings. The number of halogens is 1. The van der Waals surface area contributed by atoms with Gasteiger partial charge in [-0.25, -0.2) is 9.78 Å². The second kappa shape index (κ2) is 9.08. The van der Waals surface area contributed by atoms with Crippen LogP contribution in [0.25, 0.3) is 44.7 Å². The third-order valence-electron chi connectivity index (χ3n) is 6.08. The molecule has 0 aliphatic heterocycles. The number of carbonyl (C=O) groups excluding carboxylic acids is 1. The minimum absolute atomic E-state index is 0.339. The Kier molecular flexibility index (Phi) is 5.58. The summed E-state index contributed by atoms with van der Waals surface area (Å²) in [7, 11) is 0. The van der Waals surface area contributed by atoms with Crippen molar-refractivity contribution in [2.24, 2.45) is 0 Å². The van der Waals surface area contributed by atoms with E-state index in [4.69, 9.17) is 20.4 Å². The van der Waals surface area contributed by atoms with Crippen LogP contribution in [0.3, 0.4) is 0 Å². The van der Waals surface area contributed by atoms with Crippen LogP contribution in [0.2, 0.25) is 5.02 Å². The average molecular weight is 507 g/mol. The number of carbonyl (C=O) groups is 1. The lowest BCUT2D eigenvalue weighted by Gasteiger charge is -2.09. The zero-order valence-electron chi connectivity index (χ0n) is 19.6. The van der Waals surface area contributed by atoms with Crippen LogP contribution in [0.15, 0.2) is 105 Å². The van der Waals surface area contributed by atoms with E-state index in [1.807, 2.05) is 43.3 Å². The van der Waals surface area contributed by atoms with Crippen molar-refractivity contribution in [1.29, 1.82) is 0 Å². The van der Waals surface area contributed by atoms with Crippen molar-refractivity contribution in [2.45, 2.75) is 6.92 Å². The van der Waals surface area contributed by atoms with Gasteiger partial charge in [0.05, 0.1) is 16.1 Å². The normalized spacial score (nSPS) is 11.2. The molecule has 0 aliphatic carbocycles. The highest BCUT2D eigenvalue weighted by Gasteiger charge is 2.15. The van der Waals surface area contributed by atoms with E-state index in [1.54, 1.807) is 54.6 Å². The molecule has 0 aliphatic rings. The Bertz CT molecular complexity index is 1890. The summed E-state index contributed by atoms with van der Waals surface area (Å²) in [5.41, 5.74) is 4.94. The van der Waals surface area contributed by atoms with Crippen LogP contribution in [-0.2, 0) is 0 Å². The number of nitrogens with one attached hydrogen (secondary N) is 1. The fourth-order valence-electron chi connectivity index (χ4n) is 4.21. The Balaban J connectivity index is 1.30. The van der Waals surface area contributed by atoms with Gasteiger partial charge >= 0.3 is 5.63 Å². The van der Waals surface area contributed by atoms with Gasteiger partial charge in [0, 0.05) is 16.6 Å². The number of para-hydroxylation sites is 1. The summed E-state index contributed by atoms with van der Waals surface area (Å²) >= 11 is 6.44. The molecule has 4 aromatic carbocycles. The van der Waals surface area contributed by atoms with Crippen LogP contribution in [0.4, 0.5) is 5.69 Å². The van der Waals surface area contributed by atoms with Crippen molar-refractivity contribution in [1.82, 2.24) is 4.98 Å². The molecule has 0 saturated heterocycles. The molecule has 0 bridgehead atoms. The minimum atomic E-state index is -0.466. The van der Waals surface area contributed by atoms with Crippen LogP contribution >= 0.6 is 11.6 Å². The molecule has 0 atom stereocenters. The number of benzene rings is 4. The predicted octanol–water partition coefficient (Wildman–Crippen LogP) is 7.48. The maximum atomic E-state index is 13.1. The van der Waals surface area contributed by atoms with E-state index in [1.165, 1.54) is 0 Å². The number of hydrogen-bond donors (Lipinski definition) is 1. The number of amides is 1. The lowest BCUT2D eigenvalue weighted by molar-refractivity contribution is 0.102. The number of rotatable bonds is 4. The molecule has 1 N–H and O–H groups in total. The van der Waals surface area contributed by atoms with E-state index >= 15 is 0 Å². The molecule has 0 fully saturated rings. The lowest BCUT2D eigenvalue weighted by Crippen LogP contribution is -2.12. The Morgan fingerprint density at radius 2 is 1.70 bits per heavy atom. The molecule has 7 heteroatoms. The molecule has 6 nitrogen and oxygen atoms in total. The number of aromatic nitrogens is 1. The highest BCUT2D eigenvalue weighted by atomic mass is 35.5. The fourth-order valence-corrected chi connectivity index (χ4v) is 4.41. The summed E-state index contributed by atoms with van der Waals surface area (Å²) in [5.74, 6) is 0.0280. The highest BCUT2D eigenvalue weighted by molar-refractivity contribution is 6.33. The van der Waals surface area contributed by atoms with Crippen molar-refractivity contribution in [3.05, 3.63) is 118 Å². The second-order valence-corrected chi connectivity index (χ2v) is 9.11. The molecular weight excluding hydrogens is 488 g/mol. The quantitative estimate of drug-likeness (QED) is 0.250. The Morgan fingerprint density at radius 3 is 2.59 bits per heavy atom. The predicted molar refractivity (Wildman–Crippen MR) is 145 cm³/mol. The average Bonchev–Trinajstić information content (AvgIpc) is 3.32. The van der Waals surface area contributed by atoms with Gasteiger partial charge < -0.3 is 14.2 Å². The van der Waals surface area contributed by atoms with Crippen molar-refractivity contribution in [2.75, 3.05) is 5.32 Å². The van der Waals surface area contributed by atoms with E-state index < -0.39 is 5.63 Å². The summed E-state index contributed by atoms with van der Waals surface area (Å²) in [6.45, 7) is 1.98. The third kappa shape index (κ3) is 4.39. The molecule has 0 spiro atoms. The summed E-state index contributed by atoms with van der Waals surface area (Å²) in [6.07, 6.45) is 0. The van der Waals surface area contributed by atoms with Gasteiger partial charge in [-0.3, -0.25) is 4.79 Å². The summed E-state index contributed by atoms with van der Waals surface area (Å²) in [6, 6.07) is 26.8. The van der Waals surface area contributed by atoms with E-state index in [0.717, 1.165) is 16.5 Å². The van der Waals surface area contributed by atoms with Gasteiger partial charge in [-0.1, -0.05) is 48.0 Å². The van der Waals surface area contributed by atoms with Crippen molar-refractivity contribution >= 4 is 45.3 Å². The third-order valence-corrected chi connectivity index (χ3v) is 6.41. The van der Waals surface area contributed by atoms with Crippen LogP contribution in [-0.4, -0.2) is 10.9 Å². The van der Waals surface area contributed by atoms with Crippen LogP contribution < -0.4 is 10.9 Å². The number of fused-ring (bicyclic) bond motifs is 2. The molecule has 0 saturated carbocycles. The molecule has 37 heavy (non-hydrogen) atoms. The first-order valence-corrected chi connectivity index (χ1v) is 11.9. The molecule has 2 heterocycles. The van der Waals surface area contributed by atoms with E-state index in [2.05, 4.69) is 10.3 Å². The van der Waals surface area contributed by atoms with Gasteiger partial charge in [0.15, 0.2) is 5.58 Å². The van der Waals surface area contributed by atoms with Crippen molar-refractivity contribution in [3.8, 4) is 22.6 Å². The smallest absolute Gasteiger partial charge is 0.344 e. The summed E-state index contributed by atoms with van der Waals surface area (Å²) in [4.78, 5) is 30.3. The van der Waals surface area contributed by atoms with Gasteiger partial charge in [-0.05, 0) is 72.6 Å². The van der Waals surface area contributed by atoms with E-state index in [0.29, 0.717) is 50.0 Å². The maximum absolute atomic E-state index is 13.1. The van der Waals surface area contributed by atoms with Crippen molar-refractivity contribution < 1.29 is 13.6 Å². The number of hydrogen-bond acceptors (Lipinski definition) is 5. The standard InChI is InChI=1S/C30H19ClN2O4/c1-17-9-12-25-27(13-17)36-29(33-25)23-16-21(10-11-24(23)31)32-28(34)20-7-4-6-18(14-20)22-15-19-5-2-3-8-26(19)37-30(22)35/h2-16H,1H3,(H,32,34). The lowest BCUT2D eigenvalue weighted by atomic mass is 10.0. The molecule has 1 amide bonds. The fraction of sp³-hybridized carbons (Fsp3) is 0.0333. The SMILES string of the molecule is Cc1ccc2nc(-c3cc(NC(=O)c4cccc(-c5cc6ccccc6oc5=O)c4)ccc3Cl)oc2c1. The summed E-state index contributed by atoms with van der Waals surface area (Å²) in [5, 5.41) is 4.14. The van der Waals surface area contributed by atoms with Crippen LogP contribution in [0.5, 0.6) is 0 Å². The van der Waals surface area contributed by atoms with E-state index in [9.17, 15) is 9.59 Å². The zero-order valence-corrected chi connectivity index (χ0v) is 20.4.